The van der Waals surface area contributed by atoms with E-state index in [2.05, 4.69) is 81.7 Å². The molecular weight excluding hydrogens is 440 g/mol. The van der Waals surface area contributed by atoms with Crippen LogP contribution in [0.1, 0.15) is 61.3 Å². The van der Waals surface area contributed by atoms with E-state index in [0.29, 0.717) is 24.6 Å². The van der Waals surface area contributed by atoms with Crippen molar-refractivity contribution in [2.45, 2.75) is 53.6 Å². The number of likely N-dealkylation sites (N-methyl/N-ethyl adjacent to an activating group) is 1. The van der Waals surface area contributed by atoms with Gasteiger partial charge in [-0.25, -0.2) is 15.0 Å². The van der Waals surface area contributed by atoms with Crippen molar-refractivity contribution in [3.05, 3.63) is 58.8 Å². The topological polar surface area (TPSA) is 97.8 Å². The van der Waals surface area contributed by atoms with Crippen LogP contribution in [0.15, 0.2) is 41.4 Å². The lowest BCUT2D eigenvalue weighted by atomic mass is 9.82. The van der Waals surface area contributed by atoms with Crippen LogP contribution >= 0.6 is 0 Å². The summed E-state index contributed by atoms with van der Waals surface area (Å²) in [5, 5.41) is 14.2. The highest BCUT2D eigenvalue weighted by Gasteiger charge is 2.38. The second kappa shape index (κ2) is 10.1. The molecule has 9 heteroatoms. The summed E-state index contributed by atoms with van der Waals surface area (Å²) >= 11 is 0. The molecule has 0 bridgehead atoms. The maximum atomic E-state index is 13.3. The molecule has 0 aliphatic carbocycles. The zero-order chi connectivity index (χ0) is 25.2. The van der Waals surface area contributed by atoms with Crippen molar-refractivity contribution in [2.24, 2.45) is 10.4 Å². The molecule has 1 aromatic carbocycles. The Labute approximate surface area is 207 Å². The monoisotopic (exact) mass is 476 g/mol. The van der Waals surface area contributed by atoms with Crippen LogP contribution in [-0.2, 0) is 6.54 Å². The minimum atomic E-state index is -0.142. The van der Waals surface area contributed by atoms with Gasteiger partial charge in [0.1, 0.15) is 18.0 Å². The number of aliphatic imine (C=N–C) groups is 1. The second-order valence-electron chi connectivity index (χ2n) is 9.72. The number of benzene rings is 1. The molecule has 4 rings (SSSR count). The molecule has 35 heavy (non-hydrogen) atoms. The van der Waals surface area contributed by atoms with Gasteiger partial charge in [-0.3, -0.25) is 20.1 Å². The quantitative estimate of drug-likeness (QED) is 0.562. The van der Waals surface area contributed by atoms with Gasteiger partial charge >= 0.3 is 0 Å². The first-order valence-electron chi connectivity index (χ1n) is 12.2. The number of fused-ring (bicyclic) bond motifs is 1. The highest BCUT2D eigenvalue weighted by atomic mass is 16.2. The van der Waals surface area contributed by atoms with E-state index in [1.165, 1.54) is 6.33 Å². The van der Waals surface area contributed by atoms with Gasteiger partial charge in [-0.1, -0.05) is 26.8 Å². The zero-order valence-electron chi connectivity index (χ0n) is 21.5. The normalized spacial score (nSPS) is 18.2. The van der Waals surface area contributed by atoms with Crippen LogP contribution in [0.25, 0.3) is 0 Å². The molecule has 3 heterocycles. The summed E-state index contributed by atoms with van der Waals surface area (Å²) in [6, 6.07) is 5.89. The number of hydrogen-bond donors (Lipinski definition) is 3. The van der Waals surface area contributed by atoms with Crippen LogP contribution in [0, 0.1) is 12.3 Å². The lowest BCUT2D eigenvalue weighted by molar-refractivity contribution is -0.00718. The predicted octanol–water partition coefficient (Wildman–Crippen LogP) is 3.57. The van der Waals surface area contributed by atoms with Crippen LogP contribution in [0.2, 0.25) is 0 Å². The minimum absolute atomic E-state index is 0.0880. The lowest BCUT2D eigenvalue weighted by Gasteiger charge is -2.38. The Hall–Kier alpha value is -3.30. The van der Waals surface area contributed by atoms with Crippen LogP contribution in [0.4, 0.5) is 11.5 Å². The number of hydrogen-bond acceptors (Lipinski definition) is 8. The molecule has 0 radical (unpaired) electrons. The molecular formula is C26H36N8O. The van der Waals surface area contributed by atoms with E-state index >= 15 is 0 Å². The number of aromatic nitrogens is 2. The first-order valence-corrected chi connectivity index (χ1v) is 12.2. The maximum Gasteiger partial charge on any atom is 0.256 e. The minimum Gasteiger partial charge on any atom is -0.340 e. The van der Waals surface area contributed by atoms with E-state index < -0.39 is 0 Å². The van der Waals surface area contributed by atoms with E-state index in [-0.39, 0.29) is 17.4 Å². The first-order chi connectivity index (χ1) is 16.7. The molecule has 186 valence electrons. The molecule has 2 aromatic rings. The van der Waals surface area contributed by atoms with Gasteiger partial charge < -0.3 is 10.6 Å². The van der Waals surface area contributed by atoms with Crippen molar-refractivity contribution in [3.8, 4) is 0 Å². The summed E-state index contributed by atoms with van der Waals surface area (Å²) in [5.74, 6) is 1.39. The van der Waals surface area contributed by atoms with E-state index in [0.717, 1.165) is 41.3 Å². The number of nitrogens with one attached hydrogen (secondary N) is 3. The number of aryl methyl sites for hydroxylation is 1. The summed E-state index contributed by atoms with van der Waals surface area (Å²) in [4.78, 5) is 26.4. The second-order valence-corrected chi connectivity index (χ2v) is 9.72. The molecule has 9 nitrogen and oxygen atoms in total. The van der Waals surface area contributed by atoms with Crippen molar-refractivity contribution >= 4 is 23.6 Å². The van der Waals surface area contributed by atoms with E-state index in [1.807, 2.05) is 25.1 Å². The number of carbonyl (C=O) groups excluding carboxylic acids is 1. The smallest absolute Gasteiger partial charge is 0.256 e. The maximum absolute atomic E-state index is 13.3. The Morgan fingerprint density at radius 3 is 2.80 bits per heavy atom. The van der Waals surface area contributed by atoms with Gasteiger partial charge in [-0.05, 0) is 49.5 Å². The highest BCUT2D eigenvalue weighted by molar-refractivity contribution is 5.96. The van der Waals surface area contributed by atoms with Crippen LogP contribution in [0.3, 0.4) is 0 Å². The molecule has 1 amide bonds. The third kappa shape index (κ3) is 5.06. The number of anilines is 2. The summed E-state index contributed by atoms with van der Waals surface area (Å²) in [6.45, 7) is 12.8. The summed E-state index contributed by atoms with van der Waals surface area (Å²) in [7, 11) is 2.08. The van der Waals surface area contributed by atoms with Gasteiger partial charge in [0.2, 0.25) is 0 Å². The Morgan fingerprint density at radius 1 is 1.26 bits per heavy atom. The van der Waals surface area contributed by atoms with Gasteiger partial charge in [0.15, 0.2) is 0 Å². The molecule has 1 unspecified atom stereocenters. The standard InChI is InChI=1S/C26H36N8O/c1-7-26(4,5)22-12-23(34(8-2)33(22)6)32-25(35)18-10-9-17(3)20(11-18)31-24-19-13-27-15-28-14-21(19)29-16-30-24/h9-12,14,16,22,27H,7-8,13,15H2,1-6H3,(H,32,35)(H,29,30,31). The fourth-order valence-electron chi connectivity index (χ4n) is 4.51. The highest BCUT2D eigenvalue weighted by Crippen LogP contribution is 2.35. The Morgan fingerprint density at radius 2 is 2.06 bits per heavy atom. The summed E-state index contributed by atoms with van der Waals surface area (Å²) in [6.07, 6.45) is 6.50. The molecule has 2 aliphatic rings. The van der Waals surface area contributed by atoms with Gasteiger partial charge in [0.25, 0.3) is 5.91 Å². The number of nitrogens with zero attached hydrogens (tertiary/aromatic N) is 5. The molecule has 0 saturated heterocycles. The molecule has 0 spiro atoms. The zero-order valence-corrected chi connectivity index (χ0v) is 21.5. The van der Waals surface area contributed by atoms with Gasteiger partial charge in [0, 0.05) is 43.2 Å². The first kappa shape index (κ1) is 24.8. The van der Waals surface area contributed by atoms with E-state index in [9.17, 15) is 4.79 Å². The number of carbonyl (C=O) groups is 1. The fourth-order valence-corrected chi connectivity index (χ4v) is 4.51. The molecule has 3 N–H and O–H groups in total. The Bertz CT molecular complexity index is 1160. The number of amides is 1. The van der Waals surface area contributed by atoms with Crippen LogP contribution < -0.4 is 16.0 Å². The largest absolute Gasteiger partial charge is 0.340 e. The summed E-state index contributed by atoms with van der Waals surface area (Å²) in [5.41, 5.74) is 4.25. The van der Waals surface area contributed by atoms with Gasteiger partial charge in [-0.15, -0.1) is 0 Å². The number of hydrazine groups is 1. The van der Waals surface area contributed by atoms with Crippen LogP contribution in [-0.4, -0.2) is 58.4 Å². The van der Waals surface area contributed by atoms with Crippen molar-refractivity contribution in [1.82, 2.24) is 30.6 Å². The molecule has 1 atom stereocenters. The predicted molar refractivity (Wildman–Crippen MR) is 139 cm³/mol. The van der Waals surface area contributed by atoms with Crippen LogP contribution in [0.5, 0.6) is 0 Å². The van der Waals surface area contributed by atoms with Crippen molar-refractivity contribution in [3.63, 3.8) is 0 Å². The van der Waals surface area contributed by atoms with Crippen molar-refractivity contribution in [1.29, 1.82) is 0 Å². The average Bonchev–Trinajstić information content (AvgIpc) is 2.99. The number of rotatable bonds is 7. The molecule has 0 fully saturated rings. The SMILES string of the molecule is CCN1C(NC(=O)c2ccc(C)c(Nc3ncnc4c3CNCN=C4)c2)=CC(C(C)(C)CC)N1C. The Kier molecular flexibility index (Phi) is 7.18. The Balaban J connectivity index is 1.57. The molecule has 2 aliphatic heterocycles. The molecule has 1 aromatic heterocycles. The van der Waals surface area contributed by atoms with Gasteiger partial charge in [0.05, 0.1) is 18.4 Å². The average molecular weight is 477 g/mol. The van der Waals surface area contributed by atoms with E-state index in [1.54, 1.807) is 6.21 Å². The van der Waals surface area contributed by atoms with Gasteiger partial charge in [-0.2, -0.15) is 0 Å². The molecule has 0 saturated carbocycles. The van der Waals surface area contributed by atoms with Crippen molar-refractivity contribution in [2.75, 3.05) is 25.6 Å². The summed E-state index contributed by atoms with van der Waals surface area (Å²) < 4.78 is 0. The lowest BCUT2D eigenvalue weighted by Crippen LogP contribution is -2.47. The third-order valence-corrected chi connectivity index (χ3v) is 7.08. The fraction of sp³-hybridized carbons (Fsp3) is 0.462. The third-order valence-electron chi connectivity index (χ3n) is 7.08. The van der Waals surface area contributed by atoms with E-state index in [4.69, 9.17) is 0 Å². The van der Waals surface area contributed by atoms with Crippen molar-refractivity contribution < 1.29 is 4.79 Å².